The van der Waals surface area contributed by atoms with Gasteiger partial charge in [0.25, 0.3) is 0 Å². The van der Waals surface area contributed by atoms with E-state index in [1.54, 1.807) is 21.8 Å². The fraction of sp³-hybridized carbons (Fsp3) is 0.323. The summed E-state index contributed by atoms with van der Waals surface area (Å²) in [5.74, 6) is 1.23. The Bertz CT molecular complexity index is 1540. The molecule has 1 aliphatic rings. The van der Waals surface area contributed by atoms with E-state index in [-0.39, 0.29) is 24.0 Å². The van der Waals surface area contributed by atoms with Crippen molar-refractivity contribution in [1.29, 1.82) is 0 Å². The molecular weight excluding hydrogens is 506 g/mol. The lowest BCUT2D eigenvalue weighted by atomic mass is 9.86. The summed E-state index contributed by atoms with van der Waals surface area (Å²) in [6, 6.07) is 19.1. The number of carbonyl (C=O) groups is 2. The van der Waals surface area contributed by atoms with Gasteiger partial charge in [0, 0.05) is 23.4 Å². The average Bonchev–Trinajstić information content (AvgIpc) is 3.38. The number of amides is 3. The minimum atomic E-state index is -0.379. The highest BCUT2D eigenvalue weighted by atomic mass is 16.5. The number of hydrogen-bond donors (Lipinski definition) is 2. The van der Waals surface area contributed by atoms with Gasteiger partial charge in [-0.05, 0) is 41.7 Å². The zero-order valence-corrected chi connectivity index (χ0v) is 23.4. The van der Waals surface area contributed by atoms with Crippen molar-refractivity contribution in [2.45, 2.75) is 33.1 Å². The van der Waals surface area contributed by atoms with E-state index in [1.807, 2.05) is 43.3 Å². The van der Waals surface area contributed by atoms with Gasteiger partial charge in [-0.25, -0.2) is 9.48 Å². The van der Waals surface area contributed by atoms with Gasteiger partial charge in [0.1, 0.15) is 24.8 Å². The molecule has 4 aromatic rings. The van der Waals surface area contributed by atoms with Gasteiger partial charge in [-0.1, -0.05) is 57.2 Å². The molecule has 3 aromatic carbocycles. The maximum atomic E-state index is 13.1. The molecule has 1 fully saturated rings. The average molecular weight is 542 g/mol. The number of rotatable bonds is 7. The predicted octanol–water partition coefficient (Wildman–Crippen LogP) is 5.51. The fourth-order valence-electron chi connectivity index (χ4n) is 4.72. The quantitative estimate of drug-likeness (QED) is 0.321. The Labute approximate surface area is 234 Å². The van der Waals surface area contributed by atoms with E-state index in [2.05, 4.69) is 54.7 Å². The number of benzene rings is 3. The largest absolute Gasteiger partial charge is 0.491 e. The van der Waals surface area contributed by atoms with Crippen LogP contribution in [-0.2, 0) is 14.9 Å². The maximum Gasteiger partial charge on any atom is 0.324 e. The van der Waals surface area contributed by atoms with Crippen molar-refractivity contribution < 1.29 is 19.1 Å². The van der Waals surface area contributed by atoms with Gasteiger partial charge in [-0.2, -0.15) is 5.10 Å². The van der Waals surface area contributed by atoms with Crippen molar-refractivity contribution in [1.82, 2.24) is 14.7 Å². The molecule has 0 radical (unpaired) electrons. The molecule has 2 heterocycles. The van der Waals surface area contributed by atoms with Gasteiger partial charge < -0.3 is 19.7 Å². The number of anilines is 2. The van der Waals surface area contributed by atoms with Crippen LogP contribution in [0.2, 0.25) is 0 Å². The molecule has 0 aliphatic carbocycles. The monoisotopic (exact) mass is 541 g/mol. The van der Waals surface area contributed by atoms with Gasteiger partial charge in [0.05, 0.1) is 30.7 Å². The first-order chi connectivity index (χ1) is 19.2. The van der Waals surface area contributed by atoms with Crippen molar-refractivity contribution in [2.75, 3.05) is 43.5 Å². The Kier molecular flexibility index (Phi) is 7.75. The second kappa shape index (κ2) is 11.4. The highest BCUT2D eigenvalue weighted by molar-refractivity contribution is 6.07. The Morgan fingerprint density at radius 3 is 2.62 bits per heavy atom. The van der Waals surface area contributed by atoms with E-state index < -0.39 is 0 Å². The molecular formula is C31H35N5O4. The number of nitrogens with one attached hydrogen (secondary N) is 2. The normalized spacial score (nSPS) is 13.9. The van der Waals surface area contributed by atoms with Crippen molar-refractivity contribution in [3.63, 3.8) is 0 Å². The molecule has 2 N–H and O–H groups in total. The number of fused-ring (bicyclic) bond motifs is 1. The summed E-state index contributed by atoms with van der Waals surface area (Å²) in [6.45, 7) is 10.6. The minimum absolute atomic E-state index is 0.0164. The van der Waals surface area contributed by atoms with Crippen molar-refractivity contribution in [3.8, 4) is 11.4 Å². The van der Waals surface area contributed by atoms with Crippen LogP contribution in [0.15, 0.2) is 66.9 Å². The molecule has 5 rings (SSSR count). The number of aryl methyl sites for hydroxylation is 1. The van der Waals surface area contributed by atoms with Crippen LogP contribution in [0.1, 0.15) is 31.9 Å². The molecule has 208 valence electrons. The lowest BCUT2D eigenvalue weighted by Gasteiger charge is -2.26. The number of aromatic nitrogens is 2. The molecule has 0 atom stereocenters. The number of carbonyl (C=O) groups excluding carboxylic acids is 2. The van der Waals surface area contributed by atoms with Crippen LogP contribution in [0, 0.1) is 6.92 Å². The molecule has 0 bridgehead atoms. The molecule has 0 unspecified atom stereocenters. The van der Waals surface area contributed by atoms with Gasteiger partial charge in [-0.15, -0.1) is 0 Å². The third-order valence-electron chi connectivity index (χ3n) is 7.02. The number of morpholine rings is 1. The minimum Gasteiger partial charge on any atom is -0.491 e. The molecule has 9 heteroatoms. The first-order valence-electron chi connectivity index (χ1n) is 13.4. The number of ether oxygens (including phenoxy) is 2. The van der Waals surface area contributed by atoms with Gasteiger partial charge in [0.15, 0.2) is 0 Å². The van der Waals surface area contributed by atoms with Gasteiger partial charge >= 0.3 is 6.03 Å². The van der Waals surface area contributed by atoms with E-state index in [0.29, 0.717) is 43.6 Å². The smallest absolute Gasteiger partial charge is 0.324 e. The van der Waals surface area contributed by atoms with Crippen molar-refractivity contribution >= 4 is 34.2 Å². The summed E-state index contributed by atoms with van der Waals surface area (Å²) in [4.78, 5) is 26.9. The fourth-order valence-corrected chi connectivity index (χ4v) is 4.72. The summed E-state index contributed by atoms with van der Waals surface area (Å²) in [7, 11) is 0. The first kappa shape index (κ1) is 27.2. The lowest BCUT2D eigenvalue weighted by Crippen LogP contribution is -2.43. The Hall–Kier alpha value is -4.37. The summed E-state index contributed by atoms with van der Waals surface area (Å²) < 4.78 is 13.0. The first-order valence-corrected chi connectivity index (χ1v) is 13.4. The number of hydrogen-bond acceptors (Lipinski definition) is 5. The summed E-state index contributed by atoms with van der Waals surface area (Å²) in [5, 5.41) is 12.1. The molecule has 3 amide bonds. The Morgan fingerprint density at radius 1 is 1.05 bits per heavy atom. The predicted molar refractivity (Wildman–Crippen MR) is 156 cm³/mol. The Morgan fingerprint density at radius 2 is 1.85 bits per heavy atom. The van der Waals surface area contributed by atoms with E-state index in [9.17, 15) is 9.59 Å². The SMILES string of the molecule is Cc1ccc(C(C)(C)C)cc1-n1nccc1NC(=O)Nc1ccc(OCCN2CCOCC2=O)c2ccccc12. The van der Waals surface area contributed by atoms with E-state index >= 15 is 0 Å². The van der Waals surface area contributed by atoms with E-state index in [0.717, 1.165) is 22.0 Å². The van der Waals surface area contributed by atoms with Crippen LogP contribution in [-0.4, -0.2) is 59.5 Å². The van der Waals surface area contributed by atoms with Crippen molar-refractivity contribution in [3.05, 3.63) is 78.0 Å². The van der Waals surface area contributed by atoms with Crippen LogP contribution in [0.5, 0.6) is 5.75 Å². The highest BCUT2D eigenvalue weighted by Crippen LogP contribution is 2.32. The maximum absolute atomic E-state index is 13.1. The number of nitrogens with zero attached hydrogens (tertiary/aromatic N) is 3. The van der Waals surface area contributed by atoms with Crippen LogP contribution in [0.25, 0.3) is 16.5 Å². The van der Waals surface area contributed by atoms with Crippen molar-refractivity contribution in [2.24, 2.45) is 0 Å². The van der Waals surface area contributed by atoms with Crippen LogP contribution in [0.3, 0.4) is 0 Å². The summed E-state index contributed by atoms with van der Waals surface area (Å²) in [6.07, 6.45) is 1.67. The lowest BCUT2D eigenvalue weighted by molar-refractivity contribution is -0.143. The van der Waals surface area contributed by atoms with Crippen LogP contribution >= 0.6 is 0 Å². The molecule has 0 saturated carbocycles. The Balaban J connectivity index is 1.30. The van der Waals surface area contributed by atoms with Gasteiger partial charge in [-0.3, -0.25) is 10.1 Å². The second-order valence-corrected chi connectivity index (χ2v) is 10.9. The summed E-state index contributed by atoms with van der Waals surface area (Å²) in [5.41, 5.74) is 3.79. The highest BCUT2D eigenvalue weighted by Gasteiger charge is 2.19. The third-order valence-corrected chi connectivity index (χ3v) is 7.02. The zero-order chi connectivity index (χ0) is 28.3. The topological polar surface area (TPSA) is 97.7 Å². The molecule has 40 heavy (non-hydrogen) atoms. The standard InChI is InChI=1S/C31H35N5O4/c1-21-9-10-22(31(2,3)4)19-26(21)36-28(13-14-32-36)34-30(38)33-25-11-12-27(24-8-6-5-7-23(24)25)40-18-16-35-15-17-39-20-29(35)37/h5-14,19H,15-18,20H2,1-4H3,(H2,33,34,38). The zero-order valence-electron chi connectivity index (χ0n) is 23.4. The molecule has 0 spiro atoms. The number of urea groups is 1. The molecule has 1 aromatic heterocycles. The van der Waals surface area contributed by atoms with Gasteiger partial charge in [0.2, 0.25) is 5.91 Å². The third kappa shape index (κ3) is 5.94. The molecule has 9 nitrogen and oxygen atoms in total. The summed E-state index contributed by atoms with van der Waals surface area (Å²) >= 11 is 0. The van der Waals surface area contributed by atoms with Crippen LogP contribution < -0.4 is 15.4 Å². The van der Waals surface area contributed by atoms with Crippen LogP contribution in [0.4, 0.5) is 16.3 Å². The molecule has 1 saturated heterocycles. The molecule has 1 aliphatic heterocycles. The van der Waals surface area contributed by atoms with E-state index in [4.69, 9.17) is 9.47 Å². The van der Waals surface area contributed by atoms with E-state index in [1.165, 1.54) is 5.56 Å². The second-order valence-electron chi connectivity index (χ2n) is 10.9.